The van der Waals surface area contributed by atoms with Crippen molar-refractivity contribution in [1.82, 2.24) is 4.98 Å². The van der Waals surface area contributed by atoms with Crippen molar-refractivity contribution in [2.24, 2.45) is 0 Å². The standard InChI is InChI=1S/C7H3N3O/c8-3-5-1-2-6(10-5)7(11)4-9/h1-2,10H. The van der Waals surface area contributed by atoms with Crippen LogP contribution in [0.15, 0.2) is 12.1 Å². The maximum atomic E-state index is 10.6. The molecule has 1 rings (SSSR count). The van der Waals surface area contributed by atoms with E-state index >= 15 is 0 Å². The molecule has 0 aliphatic heterocycles. The molecule has 0 unspecified atom stereocenters. The van der Waals surface area contributed by atoms with Crippen LogP contribution in [0.4, 0.5) is 0 Å². The third kappa shape index (κ3) is 1.25. The summed E-state index contributed by atoms with van der Waals surface area (Å²) < 4.78 is 0. The second kappa shape index (κ2) is 2.68. The Balaban J connectivity index is 3.03. The van der Waals surface area contributed by atoms with Crippen molar-refractivity contribution >= 4 is 5.78 Å². The molecule has 1 aromatic rings. The Kier molecular flexibility index (Phi) is 1.71. The van der Waals surface area contributed by atoms with Gasteiger partial charge in [-0.2, -0.15) is 10.5 Å². The van der Waals surface area contributed by atoms with Gasteiger partial charge in [-0.15, -0.1) is 0 Å². The van der Waals surface area contributed by atoms with Gasteiger partial charge in [-0.1, -0.05) is 0 Å². The van der Waals surface area contributed by atoms with Crippen molar-refractivity contribution in [1.29, 1.82) is 10.5 Å². The predicted molar refractivity (Wildman–Crippen MR) is 35.5 cm³/mol. The Morgan fingerprint density at radius 2 is 2.18 bits per heavy atom. The molecule has 1 N–H and O–H groups in total. The Labute approximate surface area is 62.7 Å². The highest BCUT2D eigenvalue weighted by molar-refractivity contribution is 6.06. The lowest BCUT2D eigenvalue weighted by atomic mass is 10.3. The molecule has 0 amide bonds. The van der Waals surface area contributed by atoms with E-state index in [0.29, 0.717) is 0 Å². The van der Waals surface area contributed by atoms with Crippen molar-refractivity contribution in [3.05, 3.63) is 23.5 Å². The summed E-state index contributed by atoms with van der Waals surface area (Å²) in [5, 5.41) is 16.5. The molecule has 0 saturated carbocycles. The normalized spacial score (nSPS) is 8.18. The van der Waals surface area contributed by atoms with Crippen LogP contribution < -0.4 is 0 Å². The van der Waals surface area contributed by atoms with E-state index in [-0.39, 0.29) is 11.4 Å². The molecule has 1 heterocycles. The quantitative estimate of drug-likeness (QED) is 0.464. The number of nitriles is 2. The number of ketones is 1. The molecular formula is C7H3N3O. The van der Waals surface area contributed by atoms with Crippen molar-refractivity contribution in [3.8, 4) is 12.1 Å². The Morgan fingerprint density at radius 1 is 1.45 bits per heavy atom. The lowest BCUT2D eigenvalue weighted by Crippen LogP contribution is -1.93. The average Bonchev–Trinajstić information content (AvgIpc) is 2.50. The Hall–Kier alpha value is -2.07. The van der Waals surface area contributed by atoms with Crippen LogP contribution in [-0.2, 0) is 0 Å². The van der Waals surface area contributed by atoms with E-state index in [2.05, 4.69) is 4.98 Å². The Morgan fingerprint density at radius 3 is 2.64 bits per heavy atom. The maximum Gasteiger partial charge on any atom is 0.278 e. The highest BCUT2D eigenvalue weighted by Crippen LogP contribution is 2.00. The van der Waals surface area contributed by atoms with Crippen LogP contribution in [0.2, 0.25) is 0 Å². The van der Waals surface area contributed by atoms with Gasteiger partial charge in [-0.3, -0.25) is 4.79 Å². The summed E-state index contributed by atoms with van der Waals surface area (Å²) in [7, 11) is 0. The Bertz CT molecular complexity index is 364. The number of rotatable bonds is 1. The topological polar surface area (TPSA) is 80.4 Å². The number of H-pyrrole nitrogens is 1. The van der Waals surface area contributed by atoms with Crippen molar-refractivity contribution < 1.29 is 4.79 Å². The van der Waals surface area contributed by atoms with E-state index in [9.17, 15) is 4.79 Å². The zero-order valence-corrected chi connectivity index (χ0v) is 5.46. The van der Waals surface area contributed by atoms with E-state index in [4.69, 9.17) is 10.5 Å². The average molecular weight is 145 g/mol. The number of Topliss-reactive ketones (excluding diaryl/α,β-unsaturated/α-hetero) is 1. The first-order chi connectivity index (χ1) is 5.27. The van der Waals surface area contributed by atoms with Gasteiger partial charge in [-0.25, -0.2) is 0 Å². The number of aromatic amines is 1. The molecule has 0 fully saturated rings. The third-order valence-corrected chi connectivity index (χ3v) is 1.15. The number of carbonyl (C=O) groups excluding carboxylic acids is 1. The van der Waals surface area contributed by atoms with Gasteiger partial charge in [0.2, 0.25) is 0 Å². The molecule has 0 saturated heterocycles. The fourth-order valence-corrected chi connectivity index (χ4v) is 0.653. The molecular weight excluding hydrogens is 142 g/mol. The molecule has 0 bridgehead atoms. The fraction of sp³-hybridized carbons (Fsp3) is 0. The first-order valence-electron chi connectivity index (χ1n) is 2.81. The van der Waals surface area contributed by atoms with E-state index in [1.165, 1.54) is 18.2 Å². The highest BCUT2D eigenvalue weighted by atomic mass is 16.1. The van der Waals surface area contributed by atoms with Crippen LogP contribution in [0, 0.1) is 22.7 Å². The van der Waals surface area contributed by atoms with Gasteiger partial charge in [0.05, 0.1) is 5.69 Å². The minimum absolute atomic E-state index is 0.157. The van der Waals surface area contributed by atoms with E-state index in [0.717, 1.165) is 0 Å². The first-order valence-corrected chi connectivity index (χ1v) is 2.81. The SMILES string of the molecule is N#CC(=O)c1ccc(C#N)[nH]1. The van der Waals surface area contributed by atoms with Gasteiger partial charge in [0.1, 0.15) is 17.8 Å². The van der Waals surface area contributed by atoms with Crippen molar-refractivity contribution in [3.63, 3.8) is 0 Å². The highest BCUT2D eigenvalue weighted by Gasteiger charge is 2.05. The summed E-state index contributed by atoms with van der Waals surface area (Å²) in [6.45, 7) is 0. The lowest BCUT2D eigenvalue weighted by Gasteiger charge is -1.81. The number of nitrogens with zero attached hydrogens (tertiary/aromatic N) is 2. The van der Waals surface area contributed by atoms with Gasteiger partial charge in [0.15, 0.2) is 0 Å². The fourth-order valence-electron chi connectivity index (χ4n) is 0.653. The maximum absolute atomic E-state index is 10.6. The van der Waals surface area contributed by atoms with Crippen LogP contribution in [-0.4, -0.2) is 10.8 Å². The summed E-state index contributed by atoms with van der Waals surface area (Å²) in [6, 6.07) is 6.10. The molecule has 4 nitrogen and oxygen atoms in total. The number of hydrogen-bond donors (Lipinski definition) is 1. The van der Waals surface area contributed by atoms with Crippen LogP contribution >= 0.6 is 0 Å². The lowest BCUT2D eigenvalue weighted by molar-refractivity contribution is 0.105. The molecule has 11 heavy (non-hydrogen) atoms. The minimum Gasteiger partial charge on any atom is -0.343 e. The first kappa shape index (κ1) is 7.04. The van der Waals surface area contributed by atoms with E-state index < -0.39 is 5.78 Å². The molecule has 0 spiro atoms. The summed E-state index contributed by atoms with van der Waals surface area (Å²) in [4.78, 5) is 13.1. The molecule has 1 aromatic heterocycles. The number of hydrogen-bond acceptors (Lipinski definition) is 3. The van der Waals surface area contributed by atoms with E-state index in [1.54, 1.807) is 0 Å². The van der Waals surface area contributed by atoms with Gasteiger partial charge in [0, 0.05) is 0 Å². The summed E-state index contributed by atoms with van der Waals surface area (Å²) in [5.41, 5.74) is 0.438. The summed E-state index contributed by atoms with van der Waals surface area (Å²) in [6.07, 6.45) is 0. The van der Waals surface area contributed by atoms with Gasteiger partial charge in [-0.05, 0) is 12.1 Å². The molecule has 0 radical (unpaired) electrons. The number of nitrogens with one attached hydrogen (secondary N) is 1. The second-order valence-corrected chi connectivity index (χ2v) is 1.84. The predicted octanol–water partition coefficient (Wildman–Crippen LogP) is 0.593. The van der Waals surface area contributed by atoms with E-state index in [1.807, 2.05) is 6.07 Å². The smallest absolute Gasteiger partial charge is 0.278 e. The molecule has 0 aliphatic carbocycles. The van der Waals surface area contributed by atoms with Gasteiger partial charge < -0.3 is 4.98 Å². The molecule has 4 heteroatoms. The van der Waals surface area contributed by atoms with Gasteiger partial charge >= 0.3 is 0 Å². The molecule has 52 valence electrons. The van der Waals surface area contributed by atoms with Crippen LogP contribution in [0.1, 0.15) is 16.2 Å². The number of aromatic nitrogens is 1. The zero-order chi connectivity index (χ0) is 8.27. The summed E-state index contributed by atoms with van der Waals surface area (Å²) >= 11 is 0. The number of carbonyl (C=O) groups is 1. The molecule has 0 aliphatic rings. The van der Waals surface area contributed by atoms with Crippen LogP contribution in [0.3, 0.4) is 0 Å². The van der Waals surface area contributed by atoms with Crippen molar-refractivity contribution in [2.45, 2.75) is 0 Å². The van der Waals surface area contributed by atoms with Crippen LogP contribution in [0.25, 0.3) is 0 Å². The molecule has 0 atom stereocenters. The monoisotopic (exact) mass is 145 g/mol. The van der Waals surface area contributed by atoms with Crippen LogP contribution in [0.5, 0.6) is 0 Å². The van der Waals surface area contributed by atoms with Crippen molar-refractivity contribution in [2.75, 3.05) is 0 Å². The zero-order valence-electron chi connectivity index (χ0n) is 5.46. The van der Waals surface area contributed by atoms with Gasteiger partial charge in [0.25, 0.3) is 5.78 Å². The third-order valence-electron chi connectivity index (χ3n) is 1.15. The second-order valence-electron chi connectivity index (χ2n) is 1.84. The molecule has 0 aromatic carbocycles. The summed E-state index contributed by atoms with van der Waals surface area (Å²) in [5.74, 6) is -0.661. The largest absolute Gasteiger partial charge is 0.343 e. The minimum atomic E-state index is -0.661.